The first-order valence-corrected chi connectivity index (χ1v) is 6.53. The topological polar surface area (TPSA) is 54.6 Å². The molecule has 1 N–H and O–H groups in total. The standard InChI is InChI=1S/C15H15ClN2O2/c1-9-8-13(11(3)20-9)10(2)17-18-15(19)12-6-4-5-7-14(12)16/h4-8H,1-3H3,(H,18,19)/b17-10-. The third-order valence-electron chi connectivity index (χ3n) is 2.87. The lowest BCUT2D eigenvalue weighted by Crippen LogP contribution is -2.19. The lowest BCUT2D eigenvalue weighted by Gasteiger charge is -2.03. The van der Waals surface area contributed by atoms with Crippen LogP contribution in [-0.2, 0) is 0 Å². The van der Waals surface area contributed by atoms with Gasteiger partial charge in [-0.05, 0) is 39.0 Å². The van der Waals surface area contributed by atoms with E-state index in [1.54, 1.807) is 24.3 Å². The Balaban J connectivity index is 2.15. The number of furan rings is 1. The quantitative estimate of drug-likeness (QED) is 0.692. The van der Waals surface area contributed by atoms with Crippen LogP contribution in [-0.4, -0.2) is 11.6 Å². The Kier molecular flexibility index (Phi) is 4.25. The van der Waals surface area contributed by atoms with Crippen LogP contribution in [0.25, 0.3) is 0 Å². The fourth-order valence-electron chi connectivity index (χ4n) is 1.89. The molecular formula is C15H15ClN2O2. The summed E-state index contributed by atoms with van der Waals surface area (Å²) in [7, 11) is 0. The van der Waals surface area contributed by atoms with E-state index in [2.05, 4.69) is 10.5 Å². The van der Waals surface area contributed by atoms with Crippen molar-refractivity contribution in [2.24, 2.45) is 5.10 Å². The maximum Gasteiger partial charge on any atom is 0.272 e. The SMILES string of the molecule is C/C(=N/NC(=O)c1ccccc1Cl)c1cc(C)oc1C. The van der Waals surface area contributed by atoms with Gasteiger partial charge in [-0.3, -0.25) is 4.79 Å². The molecule has 0 aliphatic rings. The number of nitrogens with one attached hydrogen (secondary N) is 1. The molecule has 2 aromatic rings. The molecule has 1 aromatic heterocycles. The Labute approximate surface area is 122 Å². The van der Waals surface area contributed by atoms with Crippen LogP contribution in [0.1, 0.15) is 34.4 Å². The number of hydrogen-bond acceptors (Lipinski definition) is 3. The van der Waals surface area contributed by atoms with Gasteiger partial charge in [0, 0.05) is 5.56 Å². The molecule has 0 radical (unpaired) electrons. The molecule has 1 amide bonds. The number of amides is 1. The van der Waals surface area contributed by atoms with E-state index < -0.39 is 0 Å². The number of rotatable bonds is 3. The third-order valence-corrected chi connectivity index (χ3v) is 3.20. The average Bonchev–Trinajstić information content (AvgIpc) is 2.75. The van der Waals surface area contributed by atoms with E-state index in [0.717, 1.165) is 17.1 Å². The Morgan fingerprint density at radius 2 is 1.95 bits per heavy atom. The van der Waals surface area contributed by atoms with Crippen molar-refractivity contribution in [3.63, 3.8) is 0 Å². The maximum absolute atomic E-state index is 12.0. The Morgan fingerprint density at radius 3 is 2.55 bits per heavy atom. The molecular weight excluding hydrogens is 276 g/mol. The Bertz CT molecular complexity index is 674. The molecule has 2 rings (SSSR count). The zero-order valence-electron chi connectivity index (χ0n) is 11.5. The van der Waals surface area contributed by atoms with Crippen LogP contribution in [0.4, 0.5) is 0 Å². The van der Waals surface area contributed by atoms with Gasteiger partial charge in [0.25, 0.3) is 5.91 Å². The van der Waals surface area contributed by atoms with Crippen molar-refractivity contribution in [3.05, 3.63) is 58.0 Å². The first-order valence-electron chi connectivity index (χ1n) is 6.15. The highest BCUT2D eigenvalue weighted by atomic mass is 35.5. The van der Waals surface area contributed by atoms with E-state index in [1.807, 2.05) is 26.8 Å². The van der Waals surface area contributed by atoms with Crippen LogP contribution in [0.5, 0.6) is 0 Å². The molecule has 1 heterocycles. The van der Waals surface area contributed by atoms with E-state index in [1.165, 1.54) is 0 Å². The maximum atomic E-state index is 12.0. The minimum atomic E-state index is -0.340. The monoisotopic (exact) mass is 290 g/mol. The van der Waals surface area contributed by atoms with Crippen molar-refractivity contribution in [2.75, 3.05) is 0 Å². The first-order chi connectivity index (χ1) is 9.49. The summed E-state index contributed by atoms with van der Waals surface area (Å²) < 4.78 is 5.43. The second-order valence-corrected chi connectivity index (χ2v) is 4.85. The highest BCUT2D eigenvalue weighted by molar-refractivity contribution is 6.33. The van der Waals surface area contributed by atoms with E-state index >= 15 is 0 Å². The van der Waals surface area contributed by atoms with E-state index in [0.29, 0.717) is 16.3 Å². The van der Waals surface area contributed by atoms with E-state index in [9.17, 15) is 4.79 Å². The summed E-state index contributed by atoms with van der Waals surface area (Å²) in [5, 5.41) is 4.48. The molecule has 0 aliphatic heterocycles. The smallest absolute Gasteiger partial charge is 0.272 e. The highest BCUT2D eigenvalue weighted by Crippen LogP contribution is 2.16. The number of benzene rings is 1. The van der Waals surface area contributed by atoms with Crippen LogP contribution >= 0.6 is 11.6 Å². The van der Waals surface area contributed by atoms with Crippen molar-refractivity contribution in [1.82, 2.24) is 5.43 Å². The molecule has 0 fully saturated rings. The molecule has 0 atom stereocenters. The van der Waals surface area contributed by atoms with Gasteiger partial charge in [-0.15, -0.1) is 0 Å². The van der Waals surface area contributed by atoms with Crippen LogP contribution in [0.2, 0.25) is 5.02 Å². The van der Waals surface area contributed by atoms with Crippen LogP contribution in [0.3, 0.4) is 0 Å². The molecule has 0 saturated heterocycles. The summed E-state index contributed by atoms with van der Waals surface area (Å²) >= 11 is 5.96. The normalized spacial score (nSPS) is 11.5. The zero-order chi connectivity index (χ0) is 14.7. The van der Waals surface area contributed by atoms with Crippen molar-refractivity contribution in [1.29, 1.82) is 0 Å². The minimum Gasteiger partial charge on any atom is -0.466 e. The van der Waals surface area contributed by atoms with Gasteiger partial charge >= 0.3 is 0 Å². The number of aryl methyl sites for hydroxylation is 2. The van der Waals surface area contributed by atoms with Gasteiger partial charge in [0.1, 0.15) is 11.5 Å². The fraction of sp³-hybridized carbons (Fsp3) is 0.200. The van der Waals surface area contributed by atoms with Crippen molar-refractivity contribution < 1.29 is 9.21 Å². The first kappa shape index (κ1) is 14.3. The summed E-state index contributed by atoms with van der Waals surface area (Å²) in [6.07, 6.45) is 0. The second kappa shape index (κ2) is 5.92. The Morgan fingerprint density at radius 1 is 1.25 bits per heavy atom. The van der Waals surface area contributed by atoms with Gasteiger partial charge in [-0.25, -0.2) is 5.43 Å². The molecule has 0 spiro atoms. The van der Waals surface area contributed by atoms with Crippen molar-refractivity contribution in [2.45, 2.75) is 20.8 Å². The van der Waals surface area contributed by atoms with Crippen LogP contribution in [0, 0.1) is 13.8 Å². The predicted molar refractivity (Wildman–Crippen MR) is 79.3 cm³/mol. The number of hydrogen-bond donors (Lipinski definition) is 1. The van der Waals surface area contributed by atoms with Crippen LogP contribution in [0.15, 0.2) is 39.9 Å². The average molecular weight is 291 g/mol. The zero-order valence-corrected chi connectivity index (χ0v) is 12.3. The molecule has 20 heavy (non-hydrogen) atoms. The molecule has 1 aromatic carbocycles. The van der Waals surface area contributed by atoms with E-state index in [-0.39, 0.29) is 5.91 Å². The third kappa shape index (κ3) is 3.08. The lowest BCUT2D eigenvalue weighted by molar-refractivity contribution is 0.0955. The molecule has 4 nitrogen and oxygen atoms in total. The molecule has 0 unspecified atom stereocenters. The molecule has 0 aliphatic carbocycles. The number of carbonyl (C=O) groups is 1. The van der Waals surface area contributed by atoms with Crippen molar-refractivity contribution in [3.8, 4) is 0 Å². The number of halogens is 1. The Hall–Kier alpha value is -2.07. The lowest BCUT2D eigenvalue weighted by atomic mass is 10.2. The molecule has 5 heteroatoms. The highest BCUT2D eigenvalue weighted by Gasteiger charge is 2.10. The predicted octanol–water partition coefficient (Wildman–Crippen LogP) is 3.70. The molecule has 0 bridgehead atoms. The number of hydrazone groups is 1. The van der Waals surface area contributed by atoms with Gasteiger partial charge in [0.2, 0.25) is 0 Å². The van der Waals surface area contributed by atoms with Gasteiger partial charge in [0.05, 0.1) is 16.3 Å². The van der Waals surface area contributed by atoms with Gasteiger partial charge in [0.15, 0.2) is 0 Å². The summed E-state index contributed by atoms with van der Waals surface area (Å²) in [5.41, 5.74) is 4.45. The second-order valence-electron chi connectivity index (χ2n) is 4.44. The number of nitrogens with zero attached hydrogens (tertiary/aromatic N) is 1. The summed E-state index contributed by atoms with van der Waals surface area (Å²) in [6, 6.07) is 8.72. The summed E-state index contributed by atoms with van der Waals surface area (Å²) in [4.78, 5) is 12.0. The van der Waals surface area contributed by atoms with Crippen LogP contribution < -0.4 is 5.43 Å². The molecule has 0 saturated carbocycles. The van der Waals surface area contributed by atoms with Crippen molar-refractivity contribution >= 4 is 23.2 Å². The minimum absolute atomic E-state index is 0.340. The fourth-order valence-corrected chi connectivity index (χ4v) is 2.11. The van der Waals surface area contributed by atoms with Gasteiger partial charge < -0.3 is 4.42 Å². The molecule has 104 valence electrons. The van der Waals surface area contributed by atoms with Gasteiger partial charge in [-0.2, -0.15) is 5.10 Å². The number of carbonyl (C=O) groups excluding carboxylic acids is 1. The largest absolute Gasteiger partial charge is 0.466 e. The summed E-state index contributed by atoms with van der Waals surface area (Å²) in [5.74, 6) is 1.24. The summed E-state index contributed by atoms with van der Waals surface area (Å²) in [6.45, 7) is 5.54. The van der Waals surface area contributed by atoms with E-state index in [4.69, 9.17) is 16.0 Å². The van der Waals surface area contributed by atoms with Gasteiger partial charge in [-0.1, -0.05) is 23.7 Å².